The highest BCUT2D eigenvalue weighted by Crippen LogP contribution is 2.20. The van der Waals surface area contributed by atoms with E-state index in [2.05, 4.69) is 34.6 Å². The average molecular weight is 429 g/mol. The lowest BCUT2D eigenvalue weighted by Crippen LogP contribution is -2.23. The zero-order valence-electron chi connectivity index (χ0n) is 22.0. The first-order valence-electron chi connectivity index (χ1n) is 13.7. The van der Waals surface area contributed by atoms with E-state index in [-0.39, 0.29) is 6.10 Å². The third kappa shape index (κ3) is 24.2. The zero-order valence-corrected chi connectivity index (χ0v) is 22.0. The van der Waals surface area contributed by atoms with Crippen LogP contribution in [0.5, 0.6) is 0 Å². The fourth-order valence-corrected chi connectivity index (χ4v) is 4.14. The van der Waals surface area contributed by atoms with Crippen LogP contribution >= 0.6 is 0 Å². The van der Waals surface area contributed by atoms with Crippen LogP contribution < -0.4 is 0 Å². The summed E-state index contributed by atoms with van der Waals surface area (Å²) in [5.74, 6) is 0.491. The SMILES string of the molecule is CCCCCCCCCC(C)(O)CCC.CCCCCCCCCC(C)C(O)CC. The highest BCUT2D eigenvalue weighted by Gasteiger charge is 2.17. The van der Waals surface area contributed by atoms with Gasteiger partial charge in [0.1, 0.15) is 0 Å². The van der Waals surface area contributed by atoms with Crippen molar-refractivity contribution in [1.82, 2.24) is 0 Å². The van der Waals surface area contributed by atoms with Gasteiger partial charge in [-0.15, -0.1) is 0 Å². The zero-order chi connectivity index (χ0) is 23.1. The number of hydrogen-bond donors (Lipinski definition) is 2. The van der Waals surface area contributed by atoms with Crippen molar-refractivity contribution >= 4 is 0 Å². The van der Waals surface area contributed by atoms with Gasteiger partial charge in [-0.2, -0.15) is 0 Å². The van der Waals surface area contributed by atoms with Gasteiger partial charge in [0.25, 0.3) is 0 Å². The van der Waals surface area contributed by atoms with E-state index in [0.717, 1.165) is 25.7 Å². The van der Waals surface area contributed by atoms with E-state index in [9.17, 15) is 10.2 Å². The van der Waals surface area contributed by atoms with Gasteiger partial charge in [0, 0.05) is 0 Å². The van der Waals surface area contributed by atoms with E-state index in [4.69, 9.17) is 0 Å². The number of aliphatic hydroxyl groups is 2. The Hall–Kier alpha value is -0.0800. The fraction of sp³-hybridized carbons (Fsp3) is 1.00. The number of rotatable bonds is 20. The number of hydrogen-bond acceptors (Lipinski definition) is 2. The Morgan fingerprint density at radius 2 is 1.03 bits per heavy atom. The van der Waals surface area contributed by atoms with Gasteiger partial charge in [0.15, 0.2) is 0 Å². The summed E-state index contributed by atoms with van der Waals surface area (Å²) in [7, 11) is 0. The maximum atomic E-state index is 9.96. The minimum atomic E-state index is -0.405. The molecule has 0 aliphatic rings. The van der Waals surface area contributed by atoms with Crippen molar-refractivity contribution in [3.63, 3.8) is 0 Å². The van der Waals surface area contributed by atoms with Crippen molar-refractivity contribution in [2.24, 2.45) is 5.92 Å². The van der Waals surface area contributed by atoms with Gasteiger partial charge in [-0.1, -0.05) is 131 Å². The highest BCUT2D eigenvalue weighted by atomic mass is 16.3. The van der Waals surface area contributed by atoms with Crippen LogP contribution in [0, 0.1) is 5.92 Å². The normalized spacial score (nSPS) is 15.2. The van der Waals surface area contributed by atoms with E-state index in [1.807, 2.05) is 6.92 Å². The predicted octanol–water partition coefficient (Wildman–Crippen LogP) is 9.21. The summed E-state index contributed by atoms with van der Waals surface area (Å²) in [4.78, 5) is 0. The second-order valence-corrected chi connectivity index (χ2v) is 9.98. The summed E-state index contributed by atoms with van der Waals surface area (Å²) >= 11 is 0. The molecule has 0 amide bonds. The molecular weight excluding hydrogens is 368 g/mol. The molecule has 30 heavy (non-hydrogen) atoms. The van der Waals surface area contributed by atoms with E-state index in [0.29, 0.717) is 5.92 Å². The second kappa shape index (κ2) is 23.6. The monoisotopic (exact) mass is 428 g/mol. The molecule has 0 aromatic carbocycles. The Morgan fingerprint density at radius 1 is 0.600 bits per heavy atom. The van der Waals surface area contributed by atoms with Crippen LogP contribution in [0.4, 0.5) is 0 Å². The quantitative estimate of drug-likeness (QED) is 0.190. The lowest BCUT2D eigenvalue weighted by Gasteiger charge is -2.22. The van der Waals surface area contributed by atoms with Crippen molar-refractivity contribution in [2.75, 3.05) is 0 Å². The van der Waals surface area contributed by atoms with Gasteiger partial charge in [0.2, 0.25) is 0 Å². The molecule has 0 spiro atoms. The summed E-state index contributed by atoms with van der Waals surface area (Å²) in [6.07, 6.45) is 23.9. The molecule has 0 saturated carbocycles. The highest BCUT2D eigenvalue weighted by molar-refractivity contribution is 4.71. The summed E-state index contributed by atoms with van der Waals surface area (Å²) in [6.45, 7) is 12.9. The van der Waals surface area contributed by atoms with Gasteiger partial charge < -0.3 is 10.2 Å². The van der Waals surface area contributed by atoms with Crippen molar-refractivity contribution in [2.45, 2.75) is 175 Å². The van der Waals surface area contributed by atoms with Crippen molar-refractivity contribution in [1.29, 1.82) is 0 Å². The molecule has 2 heteroatoms. The Balaban J connectivity index is 0. The summed E-state index contributed by atoms with van der Waals surface area (Å²) in [5.41, 5.74) is -0.405. The van der Waals surface area contributed by atoms with Crippen LogP contribution in [-0.4, -0.2) is 21.9 Å². The van der Waals surface area contributed by atoms with E-state index >= 15 is 0 Å². The third-order valence-electron chi connectivity index (χ3n) is 6.45. The molecular formula is C28H60O2. The smallest absolute Gasteiger partial charge is 0.0619 e. The maximum absolute atomic E-state index is 9.96. The summed E-state index contributed by atoms with van der Waals surface area (Å²) < 4.78 is 0. The third-order valence-corrected chi connectivity index (χ3v) is 6.45. The maximum Gasteiger partial charge on any atom is 0.0619 e. The first kappa shape index (κ1) is 32.1. The van der Waals surface area contributed by atoms with E-state index < -0.39 is 5.60 Å². The van der Waals surface area contributed by atoms with Crippen LogP contribution in [0.2, 0.25) is 0 Å². The van der Waals surface area contributed by atoms with Gasteiger partial charge >= 0.3 is 0 Å². The van der Waals surface area contributed by atoms with Gasteiger partial charge in [-0.05, 0) is 38.5 Å². The van der Waals surface area contributed by atoms with Gasteiger partial charge in [-0.25, -0.2) is 0 Å². The van der Waals surface area contributed by atoms with Crippen LogP contribution in [0.1, 0.15) is 164 Å². The second-order valence-electron chi connectivity index (χ2n) is 9.98. The lowest BCUT2D eigenvalue weighted by atomic mass is 9.93. The molecule has 0 saturated heterocycles. The molecule has 3 atom stereocenters. The Bertz CT molecular complexity index is 314. The van der Waals surface area contributed by atoms with E-state index in [1.165, 1.54) is 96.3 Å². The molecule has 2 nitrogen and oxygen atoms in total. The predicted molar refractivity (Wildman–Crippen MR) is 136 cm³/mol. The first-order valence-corrected chi connectivity index (χ1v) is 13.7. The molecule has 0 radical (unpaired) electrons. The Kier molecular flexibility index (Phi) is 25.2. The van der Waals surface area contributed by atoms with Crippen molar-refractivity contribution in [3.8, 4) is 0 Å². The fourth-order valence-electron chi connectivity index (χ4n) is 4.14. The van der Waals surface area contributed by atoms with Gasteiger partial charge in [-0.3, -0.25) is 0 Å². The number of unbranched alkanes of at least 4 members (excludes halogenated alkanes) is 12. The molecule has 0 rings (SSSR count). The van der Waals surface area contributed by atoms with Crippen LogP contribution in [0.25, 0.3) is 0 Å². The molecule has 0 bridgehead atoms. The van der Waals surface area contributed by atoms with Gasteiger partial charge in [0.05, 0.1) is 11.7 Å². The Labute approximate surface area is 191 Å². The van der Waals surface area contributed by atoms with Crippen LogP contribution in [0.3, 0.4) is 0 Å². The number of aliphatic hydroxyl groups excluding tert-OH is 1. The lowest BCUT2D eigenvalue weighted by molar-refractivity contribution is 0.0386. The molecule has 0 aliphatic carbocycles. The standard InChI is InChI=1S/2C14H30O/c1-4-6-7-8-9-10-11-12-13(3)14(15)5-2;1-4-6-7-8-9-10-11-13-14(3,15)12-5-2/h13-15H,4-12H2,1-3H3;15H,4-13H2,1-3H3. The largest absolute Gasteiger partial charge is 0.393 e. The Morgan fingerprint density at radius 3 is 1.47 bits per heavy atom. The molecule has 2 N–H and O–H groups in total. The molecule has 0 aliphatic heterocycles. The first-order chi connectivity index (χ1) is 14.3. The average Bonchev–Trinajstić information content (AvgIpc) is 2.72. The molecule has 0 aromatic heterocycles. The molecule has 184 valence electrons. The van der Waals surface area contributed by atoms with E-state index in [1.54, 1.807) is 0 Å². The molecule has 0 aromatic rings. The van der Waals surface area contributed by atoms with Crippen molar-refractivity contribution in [3.05, 3.63) is 0 Å². The summed E-state index contributed by atoms with van der Waals surface area (Å²) in [5, 5.41) is 19.6. The minimum absolute atomic E-state index is 0.0786. The van der Waals surface area contributed by atoms with Crippen molar-refractivity contribution < 1.29 is 10.2 Å². The minimum Gasteiger partial charge on any atom is -0.393 e. The topological polar surface area (TPSA) is 40.5 Å². The van der Waals surface area contributed by atoms with Crippen LogP contribution in [0.15, 0.2) is 0 Å². The molecule has 3 unspecified atom stereocenters. The summed E-state index contributed by atoms with van der Waals surface area (Å²) in [6, 6.07) is 0. The molecule has 0 fully saturated rings. The van der Waals surface area contributed by atoms with Crippen LogP contribution in [-0.2, 0) is 0 Å². The molecule has 0 heterocycles.